The van der Waals surface area contributed by atoms with Gasteiger partial charge < -0.3 is 15.8 Å². The molecule has 0 spiro atoms. The van der Waals surface area contributed by atoms with Crippen LogP contribution >= 0.6 is 0 Å². The van der Waals surface area contributed by atoms with Gasteiger partial charge in [0.05, 0.1) is 11.8 Å². The summed E-state index contributed by atoms with van der Waals surface area (Å²) in [6.45, 7) is 7.29. The van der Waals surface area contributed by atoms with E-state index in [1.165, 1.54) is 25.7 Å². The molecule has 0 aromatic carbocycles. The quantitative estimate of drug-likeness (QED) is 0.861. The summed E-state index contributed by atoms with van der Waals surface area (Å²) in [5, 5.41) is 3.42. The van der Waals surface area contributed by atoms with E-state index in [9.17, 15) is 0 Å². The van der Waals surface area contributed by atoms with Gasteiger partial charge in [-0.05, 0) is 50.7 Å². The molecule has 0 unspecified atom stereocenters. The fraction of sp³-hybridized carbons (Fsp3) is 0.688. The Morgan fingerprint density at radius 1 is 1.30 bits per heavy atom. The van der Waals surface area contributed by atoms with E-state index in [1.807, 2.05) is 26.0 Å². The highest BCUT2D eigenvalue weighted by Gasteiger charge is 2.18. The SMILES string of the molecule is CC1CCC(CNc2ccc(N)c(OC(C)C)n2)CC1. The first-order valence-corrected chi connectivity index (χ1v) is 7.71. The molecule has 1 heterocycles. The van der Waals surface area contributed by atoms with Crippen LogP contribution in [0.1, 0.15) is 46.5 Å². The number of nitrogens with two attached hydrogens (primary N) is 1. The normalized spacial score (nSPS) is 22.8. The van der Waals surface area contributed by atoms with Gasteiger partial charge >= 0.3 is 0 Å². The number of nitrogens with one attached hydrogen (secondary N) is 1. The molecule has 2 rings (SSSR count). The molecule has 3 N–H and O–H groups in total. The summed E-state index contributed by atoms with van der Waals surface area (Å²) in [7, 11) is 0. The fourth-order valence-corrected chi connectivity index (χ4v) is 2.65. The Labute approximate surface area is 122 Å². The molecule has 0 radical (unpaired) electrons. The molecule has 0 aliphatic heterocycles. The first kappa shape index (κ1) is 14.9. The first-order chi connectivity index (χ1) is 9.54. The minimum atomic E-state index is 0.0832. The third-order valence-corrected chi connectivity index (χ3v) is 3.94. The van der Waals surface area contributed by atoms with Gasteiger partial charge in [0.1, 0.15) is 5.82 Å². The van der Waals surface area contributed by atoms with E-state index in [-0.39, 0.29) is 6.10 Å². The van der Waals surface area contributed by atoms with E-state index in [0.717, 1.165) is 24.2 Å². The van der Waals surface area contributed by atoms with Gasteiger partial charge in [0, 0.05) is 6.54 Å². The maximum atomic E-state index is 5.88. The zero-order valence-electron chi connectivity index (χ0n) is 12.9. The van der Waals surface area contributed by atoms with Crippen molar-refractivity contribution >= 4 is 11.5 Å². The molecule has 112 valence electrons. The minimum absolute atomic E-state index is 0.0832. The maximum Gasteiger partial charge on any atom is 0.239 e. The predicted molar refractivity (Wildman–Crippen MR) is 84.0 cm³/mol. The topological polar surface area (TPSA) is 60.2 Å². The zero-order chi connectivity index (χ0) is 14.5. The largest absolute Gasteiger partial charge is 0.473 e. The second-order valence-electron chi connectivity index (χ2n) is 6.26. The number of nitrogens with zero attached hydrogens (tertiary/aromatic N) is 1. The van der Waals surface area contributed by atoms with Gasteiger partial charge in [-0.25, -0.2) is 0 Å². The van der Waals surface area contributed by atoms with Crippen molar-refractivity contribution in [1.29, 1.82) is 0 Å². The highest BCUT2D eigenvalue weighted by atomic mass is 16.5. The Hall–Kier alpha value is -1.45. The van der Waals surface area contributed by atoms with Crippen molar-refractivity contribution in [2.24, 2.45) is 11.8 Å². The van der Waals surface area contributed by atoms with E-state index < -0.39 is 0 Å². The van der Waals surface area contributed by atoms with Crippen molar-refractivity contribution in [3.8, 4) is 5.88 Å². The van der Waals surface area contributed by atoms with Gasteiger partial charge in [-0.2, -0.15) is 4.98 Å². The second-order valence-corrected chi connectivity index (χ2v) is 6.26. The third-order valence-electron chi connectivity index (χ3n) is 3.94. The molecule has 1 aromatic heterocycles. The van der Waals surface area contributed by atoms with Crippen molar-refractivity contribution in [2.45, 2.75) is 52.6 Å². The lowest BCUT2D eigenvalue weighted by Gasteiger charge is -2.26. The molecule has 0 atom stereocenters. The summed E-state index contributed by atoms with van der Waals surface area (Å²) >= 11 is 0. The number of aromatic nitrogens is 1. The van der Waals surface area contributed by atoms with Gasteiger partial charge in [-0.3, -0.25) is 0 Å². The molecule has 0 saturated heterocycles. The van der Waals surface area contributed by atoms with E-state index in [1.54, 1.807) is 0 Å². The average Bonchev–Trinajstić information content (AvgIpc) is 2.41. The Balaban J connectivity index is 1.89. The summed E-state index contributed by atoms with van der Waals surface area (Å²) in [5.41, 5.74) is 6.47. The van der Waals surface area contributed by atoms with Crippen LogP contribution in [0.15, 0.2) is 12.1 Å². The third kappa shape index (κ3) is 4.29. The molecule has 1 aliphatic carbocycles. The molecule has 1 aromatic rings. The summed E-state index contributed by atoms with van der Waals surface area (Å²) in [4.78, 5) is 4.45. The second kappa shape index (κ2) is 6.82. The summed E-state index contributed by atoms with van der Waals surface area (Å²) < 4.78 is 5.62. The molecule has 0 bridgehead atoms. The first-order valence-electron chi connectivity index (χ1n) is 7.71. The van der Waals surface area contributed by atoms with E-state index in [4.69, 9.17) is 10.5 Å². The van der Waals surface area contributed by atoms with Crippen LogP contribution in [0, 0.1) is 11.8 Å². The lowest BCUT2D eigenvalue weighted by atomic mass is 9.83. The van der Waals surface area contributed by atoms with Crippen LogP contribution < -0.4 is 15.8 Å². The molecule has 1 saturated carbocycles. The number of rotatable bonds is 5. The van der Waals surface area contributed by atoms with Crippen LogP contribution in [0.4, 0.5) is 11.5 Å². The Morgan fingerprint density at radius 3 is 2.65 bits per heavy atom. The molecule has 4 nitrogen and oxygen atoms in total. The van der Waals surface area contributed by atoms with Crippen molar-refractivity contribution in [3.05, 3.63) is 12.1 Å². The van der Waals surface area contributed by atoms with Gasteiger partial charge in [-0.1, -0.05) is 19.8 Å². The predicted octanol–water partition coefficient (Wildman–Crippen LogP) is 3.69. The monoisotopic (exact) mass is 277 g/mol. The number of ether oxygens (including phenoxy) is 1. The molecular weight excluding hydrogens is 250 g/mol. The number of anilines is 2. The number of hydrogen-bond donors (Lipinski definition) is 2. The molecular formula is C16H27N3O. The molecule has 1 fully saturated rings. The number of hydrogen-bond acceptors (Lipinski definition) is 4. The lowest BCUT2D eigenvalue weighted by Crippen LogP contribution is -2.20. The Bertz CT molecular complexity index is 426. The van der Waals surface area contributed by atoms with E-state index in [2.05, 4.69) is 17.2 Å². The van der Waals surface area contributed by atoms with Crippen LogP contribution in [0.25, 0.3) is 0 Å². The minimum Gasteiger partial charge on any atom is -0.473 e. The van der Waals surface area contributed by atoms with Gasteiger partial charge in [0.25, 0.3) is 0 Å². The van der Waals surface area contributed by atoms with Crippen molar-refractivity contribution in [3.63, 3.8) is 0 Å². The summed E-state index contributed by atoms with van der Waals surface area (Å²) in [6.07, 6.45) is 5.42. The molecule has 4 heteroatoms. The van der Waals surface area contributed by atoms with Crippen molar-refractivity contribution < 1.29 is 4.74 Å². The molecule has 20 heavy (non-hydrogen) atoms. The highest BCUT2D eigenvalue weighted by molar-refractivity contribution is 5.53. The van der Waals surface area contributed by atoms with Crippen LogP contribution in [-0.4, -0.2) is 17.6 Å². The Kier molecular flexibility index (Phi) is 5.10. The summed E-state index contributed by atoms with van der Waals surface area (Å²) in [6, 6.07) is 3.78. The average molecular weight is 277 g/mol. The smallest absolute Gasteiger partial charge is 0.239 e. The van der Waals surface area contributed by atoms with Crippen LogP contribution in [-0.2, 0) is 0 Å². The van der Waals surface area contributed by atoms with E-state index in [0.29, 0.717) is 11.6 Å². The maximum absolute atomic E-state index is 5.88. The zero-order valence-corrected chi connectivity index (χ0v) is 12.9. The van der Waals surface area contributed by atoms with Gasteiger partial charge in [-0.15, -0.1) is 0 Å². The van der Waals surface area contributed by atoms with Crippen LogP contribution in [0.5, 0.6) is 5.88 Å². The van der Waals surface area contributed by atoms with Gasteiger partial charge in [0.2, 0.25) is 5.88 Å². The van der Waals surface area contributed by atoms with Gasteiger partial charge in [0.15, 0.2) is 0 Å². The molecule has 0 amide bonds. The standard InChI is InChI=1S/C16H27N3O/c1-11(2)20-16-14(17)8-9-15(19-16)18-10-13-6-4-12(3)5-7-13/h8-9,11-13H,4-7,10,17H2,1-3H3,(H,18,19). The van der Waals surface area contributed by atoms with Crippen LogP contribution in [0.2, 0.25) is 0 Å². The van der Waals surface area contributed by atoms with Crippen LogP contribution in [0.3, 0.4) is 0 Å². The van der Waals surface area contributed by atoms with E-state index >= 15 is 0 Å². The van der Waals surface area contributed by atoms with Crippen molar-refractivity contribution in [1.82, 2.24) is 4.98 Å². The van der Waals surface area contributed by atoms with Crippen molar-refractivity contribution in [2.75, 3.05) is 17.6 Å². The molecule has 1 aliphatic rings. The highest BCUT2D eigenvalue weighted by Crippen LogP contribution is 2.28. The number of nitrogen functional groups attached to an aromatic ring is 1. The lowest BCUT2D eigenvalue weighted by molar-refractivity contribution is 0.234. The Morgan fingerprint density at radius 2 is 2.00 bits per heavy atom. The fourth-order valence-electron chi connectivity index (χ4n) is 2.65. The summed E-state index contributed by atoms with van der Waals surface area (Å²) in [5.74, 6) is 3.04. The number of pyridine rings is 1.